The van der Waals surface area contributed by atoms with Crippen molar-refractivity contribution < 1.29 is 9.59 Å². The van der Waals surface area contributed by atoms with Crippen molar-refractivity contribution in [3.8, 4) is 0 Å². The van der Waals surface area contributed by atoms with Gasteiger partial charge in [0, 0.05) is 31.7 Å². The van der Waals surface area contributed by atoms with Gasteiger partial charge in [0.25, 0.3) is 0 Å². The highest BCUT2D eigenvalue weighted by molar-refractivity contribution is 5.81. The lowest BCUT2D eigenvalue weighted by molar-refractivity contribution is -0.130. The number of rotatable bonds is 5. The fraction of sp³-hybridized carbons (Fsp3) is 0.556. The first-order valence-electron chi connectivity index (χ1n) is 8.34. The molecule has 2 amide bonds. The van der Waals surface area contributed by atoms with Crippen LogP contribution >= 0.6 is 0 Å². The Hall–Kier alpha value is -2.04. The number of nitrogens with zero attached hydrogens (tertiary/aromatic N) is 1. The third-order valence-corrected chi connectivity index (χ3v) is 4.34. The minimum atomic E-state index is -0.000730. The minimum absolute atomic E-state index is 0.000730. The third kappa shape index (κ3) is 5.27. The first kappa shape index (κ1) is 17.3. The van der Waals surface area contributed by atoms with Gasteiger partial charge in [0.2, 0.25) is 11.8 Å². The molecule has 1 heterocycles. The van der Waals surface area contributed by atoms with Gasteiger partial charge in [-0.1, -0.05) is 26.0 Å². The Kier molecular flexibility index (Phi) is 6.02. The number of piperidine rings is 1. The van der Waals surface area contributed by atoms with Crippen LogP contribution in [-0.4, -0.2) is 42.4 Å². The number of carbonyl (C=O) groups excluding carboxylic acids is 2. The lowest BCUT2D eigenvalue weighted by Crippen LogP contribution is -2.47. The summed E-state index contributed by atoms with van der Waals surface area (Å²) in [4.78, 5) is 25.1. The topological polar surface area (TPSA) is 61.4 Å². The number of carbonyl (C=O) groups is 2. The molecule has 2 rings (SSSR count). The normalized spacial score (nSPS) is 15.6. The Morgan fingerprint density at radius 2 is 1.78 bits per heavy atom. The molecule has 0 bridgehead atoms. The van der Waals surface area contributed by atoms with Crippen LogP contribution in [0.4, 0.5) is 5.69 Å². The van der Waals surface area contributed by atoms with E-state index in [0.717, 1.165) is 31.6 Å². The summed E-state index contributed by atoms with van der Waals surface area (Å²) >= 11 is 0. The average molecular weight is 317 g/mol. The first-order chi connectivity index (χ1) is 11.0. The van der Waals surface area contributed by atoms with Crippen LogP contribution in [0.2, 0.25) is 0 Å². The lowest BCUT2D eigenvalue weighted by atomic mass is 10.0. The highest BCUT2D eigenvalue weighted by atomic mass is 16.2. The number of hydrogen-bond acceptors (Lipinski definition) is 3. The van der Waals surface area contributed by atoms with Gasteiger partial charge in [-0.25, -0.2) is 0 Å². The maximum absolute atomic E-state index is 12.0. The lowest BCUT2D eigenvalue weighted by Gasteiger charge is -2.31. The van der Waals surface area contributed by atoms with Crippen LogP contribution < -0.4 is 10.6 Å². The summed E-state index contributed by atoms with van der Waals surface area (Å²) in [6, 6.07) is 8.36. The van der Waals surface area contributed by atoms with Crippen molar-refractivity contribution in [2.45, 2.75) is 45.6 Å². The van der Waals surface area contributed by atoms with Crippen molar-refractivity contribution in [3.63, 3.8) is 0 Å². The zero-order valence-electron chi connectivity index (χ0n) is 14.3. The number of anilines is 1. The molecule has 1 aliphatic rings. The molecule has 0 aromatic heterocycles. The molecular formula is C18H27N3O2. The molecule has 5 nitrogen and oxygen atoms in total. The summed E-state index contributed by atoms with van der Waals surface area (Å²) in [6.45, 7) is 7.64. The summed E-state index contributed by atoms with van der Waals surface area (Å²) < 4.78 is 0. The second kappa shape index (κ2) is 7.99. The monoisotopic (exact) mass is 317 g/mol. The third-order valence-electron chi connectivity index (χ3n) is 4.34. The van der Waals surface area contributed by atoms with Crippen LogP contribution in [0.5, 0.6) is 0 Å². The maximum atomic E-state index is 12.0. The highest BCUT2D eigenvalue weighted by Gasteiger charge is 2.21. The van der Waals surface area contributed by atoms with Gasteiger partial charge in [-0.3, -0.25) is 9.59 Å². The Bertz CT molecular complexity index is 532. The standard InChI is InChI=1S/C18H27N3O2/c1-13(2)15-4-6-16(7-5-15)19-12-18(23)20-17-8-10-21(11-9-17)14(3)22/h4-7,13,17,19H,8-12H2,1-3H3,(H,20,23). The number of likely N-dealkylation sites (tertiary alicyclic amines) is 1. The fourth-order valence-corrected chi connectivity index (χ4v) is 2.79. The number of amides is 2. The van der Waals surface area contributed by atoms with Gasteiger partial charge in [-0.15, -0.1) is 0 Å². The second-order valence-electron chi connectivity index (χ2n) is 6.48. The van der Waals surface area contributed by atoms with Gasteiger partial charge in [0.15, 0.2) is 0 Å². The van der Waals surface area contributed by atoms with Gasteiger partial charge in [0.05, 0.1) is 6.54 Å². The molecule has 1 fully saturated rings. The first-order valence-corrected chi connectivity index (χ1v) is 8.34. The molecule has 2 N–H and O–H groups in total. The second-order valence-corrected chi connectivity index (χ2v) is 6.48. The number of benzene rings is 1. The predicted octanol–water partition coefficient (Wildman–Crippen LogP) is 2.35. The van der Waals surface area contributed by atoms with E-state index in [4.69, 9.17) is 0 Å². The van der Waals surface area contributed by atoms with E-state index in [1.54, 1.807) is 6.92 Å². The molecule has 1 aliphatic heterocycles. The molecule has 126 valence electrons. The van der Waals surface area contributed by atoms with E-state index in [0.29, 0.717) is 5.92 Å². The van der Waals surface area contributed by atoms with E-state index in [1.165, 1.54) is 5.56 Å². The van der Waals surface area contributed by atoms with Gasteiger partial charge >= 0.3 is 0 Å². The van der Waals surface area contributed by atoms with Crippen molar-refractivity contribution in [3.05, 3.63) is 29.8 Å². The molecule has 0 radical (unpaired) electrons. The molecule has 0 spiro atoms. The average Bonchev–Trinajstić information content (AvgIpc) is 2.54. The number of hydrogen-bond donors (Lipinski definition) is 2. The molecule has 1 aromatic carbocycles. The molecular weight excluding hydrogens is 290 g/mol. The summed E-state index contributed by atoms with van der Waals surface area (Å²) in [5.41, 5.74) is 2.24. The minimum Gasteiger partial charge on any atom is -0.376 e. The molecule has 23 heavy (non-hydrogen) atoms. The highest BCUT2D eigenvalue weighted by Crippen LogP contribution is 2.17. The number of nitrogens with one attached hydrogen (secondary N) is 2. The molecule has 0 unspecified atom stereocenters. The summed E-state index contributed by atoms with van der Waals surface area (Å²) in [6.07, 6.45) is 1.66. The molecule has 0 aliphatic carbocycles. The van der Waals surface area contributed by atoms with E-state index in [2.05, 4.69) is 36.6 Å². The Balaban J connectivity index is 1.72. The quantitative estimate of drug-likeness (QED) is 0.876. The molecule has 0 atom stereocenters. The van der Waals surface area contributed by atoms with Gasteiger partial charge in [-0.05, 0) is 36.5 Å². The van der Waals surface area contributed by atoms with E-state index in [9.17, 15) is 9.59 Å². The van der Waals surface area contributed by atoms with Crippen molar-refractivity contribution in [1.29, 1.82) is 0 Å². The largest absolute Gasteiger partial charge is 0.376 e. The van der Waals surface area contributed by atoms with Crippen LogP contribution in [0.3, 0.4) is 0 Å². The van der Waals surface area contributed by atoms with Crippen molar-refractivity contribution in [2.75, 3.05) is 25.0 Å². The Morgan fingerprint density at radius 1 is 1.17 bits per heavy atom. The summed E-state index contributed by atoms with van der Waals surface area (Å²) in [7, 11) is 0. The van der Waals surface area contributed by atoms with E-state index in [1.807, 2.05) is 17.0 Å². The Morgan fingerprint density at radius 3 is 2.30 bits per heavy atom. The van der Waals surface area contributed by atoms with Gasteiger partial charge in [0.1, 0.15) is 0 Å². The predicted molar refractivity (Wildman–Crippen MR) is 92.4 cm³/mol. The van der Waals surface area contributed by atoms with E-state index >= 15 is 0 Å². The van der Waals surface area contributed by atoms with Crippen LogP contribution in [0.1, 0.15) is 45.1 Å². The molecule has 0 saturated carbocycles. The van der Waals surface area contributed by atoms with Crippen molar-refractivity contribution in [2.24, 2.45) is 0 Å². The Labute approximate surface area is 138 Å². The smallest absolute Gasteiger partial charge is 0.239 e. The maximum Gasteiger partial charge on any atom is 0.239 e. The van der Waals surface area contributed by atoms with Crippen molar-refractivity contribution in [1.82, 2.24) is 10.2 Å². The zero-order valence-corrected chi connectivity index (χ0v) is 14.3. The molecule has 1 aromatic rings. The zero-order chi connectivity index (χ0) is 16.8. The fourth-order valence-electron chi connectivity index (χ4n) is 2.79. The SMILES string of the molecule is CC(=O)N1CCC(NC(=O)CNc2ccc(C(C)C)cc2)CC1. The van der Waals surface area contributed by atoms with Gasteiger partial charge in [-0.2, -0.15) is 0 Å². The van der Waals surface area contributed by atoms with Crippen LogP contribution in [0, 0.1) is 0 Å². The molecule has 5 heteroatoms. The van der Waals surface area contributed by atoms with E-state index < -0.39 is 0 Å². The molecule has 1 saturated heterocycles. The summed E-state index contributed by atoms with van der Waals surface area (Å²) in [5.74, 6) is 0.619. The summed E-state index contributed by atoms with van der Waals surface area (Å²) in [5, 5.41) is 6.19. The van der Waals surface area contributed by atoms with E-state index in [-0.39, 0.29) is 24.4 Å². The van der Waals surface area contributed by atoms with Crippen LogP contribution in [-0.2, 0) is 9.59 Å². The van der Waals surface area contributed by atoms with Crippen molar-refractivity contribution >= 4 is 17.5 Å². The van der Waals surface area contributed by atoms with Crippen LogP contribution in [0.25, 0.3) is 0 Å². The van der Waals surface area contributed by atoms with Crippen LogP contribution in [0.15, 0.2) is 24.3 Å². The van der Waals surface area contributed by atoms with Gasteiger partial charge < -0.3 is 15.5 Å².